The van der Waals surface area contributed by atoms with Gasteiger partial charge in [-0.3, -0.25) is 4.90 Å². The van der Waals surface area contributed by atoms with Crippen LogP contribution in [-0.4, -0.2) is 28.6 Å². The van der Waals surface area contributed by atoms with Gasteiger partial charge in [-0.25, -0.2) is 0 Å². The number of nitrogens with zero attached hydrogens (tertiary/aromatic N) is 1. The smallest absolute Gasteiger partial charge is 0.115 e. The van der Waals surface area contributed by atoms with Crippen LogP contribution in [0.5, 0.6) is 5.75 Å². The molecule has 18 heavy (non-hydrogen) atoms. The lowest BCUT2D eigenvalue weighted by Crippen LogP contribution is -2.39. The van der Waals surface area contributed by atoms with Crippen LogP contribution in [0.1, 0.15) is 38.2 Å². The second-order valence-corrected chi connectivity index (χ2v) is 6.08. The normalized spacial score (nSPS) is 28.7. The molecule has 2 bridgehead atoms. The van der Waals surface area contributed by atoms with Crippen molar-refractivity contribution < 1.29 is 5.11 Å². The number of fused-ring (bicyclic) bond motifs is 2. The van der Waals surface area contributed by atoms with Gasteiger partial charge in [0.25, 0.3) is 0 Å². The molecule has 1 aliphatic carbocycles. The minimum atomic E-state index is 0.364. The van der Waals surface area contributed by atoms with Crippen molar-refractivity contribution in [3.05, 3.63) is 29.8 Å². The SMILES string of the molecule is CC(CCc1ccc(O)cc1)N1CC2CCC1C2. The van der Waals surface area contributed by atoms with E-state index in [1.807, 2.05) is 12.1 Å². The number of piperidine rings is 1. The van der Waals surface area contributed by atoms with E-state index in [1.54, 1.807) is 12.1 Å². The van der Waals surface area contributed by atoms with Crippen LogP contribution in [0.15, 0.2) is 24.3 Å². The molecule has 1 N–H and O–H groups in total. The van der Waals surface area contributed by atoms with E-state index in [9.17, 15) is 5.11 Å². The summed E-state index contributed by atoms with van der Waals surface area (Å²) in [7, 11) is 0. The first-order valence-electron chi connectivity index (χ1n) is 7.26. The minimum Gasteiger partial charge on any atom is -0.508 e. The van der Waals surface area contributed by atoms with Crippen molar-refractivity contribution in [2.24, 2.45) is 5.92 Å². The van der Waals surface area contributed by atoms with E-state index in [0.29, 0.717) is 11.8 Å². The summed E-state index contributed by atoms with van der Waals surface area (Å²) in [5, 5.41) is 9.27. The van der Waals surface area contributed by atoms with Crippen LogP contribution in [-0.2, 0) is 6.42 Å². The third kappa shape index (κ3) is 2.39. The lowest BCUT2D eigenvalue weighted by molar-refractivity contribution is 0.152. The lowest BCUT2D eigenvalue weighted by atomic mass is 10.0. The zero-order valence-electron chi connectivity index (χ0n) is 11.2. The quantitative estimate of drug-likeness (QED) is 0.880. The molecule has 3 atom stereocenters. The fourth-order valence-electron chi connectivity index (χ4n) is 3.71. The van der Waals surface area contributed by atoms with Gasteiger partial charge in [0.2, 0.25) is 0 Å². The van der Waals surface area contributed by atoms with Crippen molar-refractivity contribution in [3.63, 3.8) is 0 Å². The molecule has 0 radical (unpaired) electrons. The van der Waals surface area contributed by atoms with E-state index in [0.717, 1.165) is 18.4 Å². The lowest BCUT2D eigenvalue weighted by Gasteiger charge is -2.32. The summed E-state index contributed by atoms with van der Waals surface area (Å²) in [5.41, 5.74) is 1.34. The maximum absolute atomic E-state index is 9.27. The summed E-state index contributed by atoms with van der Waals surface area (Å²) < 4.78 is 0. The largest absolute Gasteiger partial charge is 0.508 e. The summed E-state index contributed by atoms with van der Waals surface area (Å²) in [5.74, 6) is 1.36. The van der Waals surface area contributed by atoms with E-state index in [-0.39, 0.29) is 0 Å². The molecule has 3 rings (SSSR count). The first-order chi connectivity index (χ1) is 8.72. The molecule has 1 heterocycles. The van der Waals surface area contributed by atoms with Gasteiger partial charge in [0.1, 0.15) is 5.75 Å². The number of rotatable bonds is 4. The van der Waals surface area contributed by atoms with Gasteiger partial charge in [0.05, 0.1) is 0 Å². The number of aromatic hydroxyl groups is 1. The predicted octanol–water partition coefficient (Wildman–Crippen LogP) is 3.20. The molecule has 1 saturated carbocycles. The van der Waals surface area contributed by atoms with Gasteiger partial charge in [-0.15, -0.1) is 0 Å². The molecule has 98 valence electrons. The number of benzene rings is 1. The molecule has 0 amide bonds. The number of aryl methyl sites for hydroxylation is 1. The van der Waals surface area contributed by atoms with E-state index in [2.05, 4.69) is 11.8 Å². The van der Waals surface area contributed by atoms with E-state index >= 15 is 0 Å². The molecular formula is C16H23NO. The standard InChI is InChI=1S/C16H23NO/c1-12(17-11-14-4-7-15(17)10-14)2-3-13-5-8-16(18)9-6-13/h5-6,8-9,12,14-15,18H,2-4,7,10-11H2,1H3. The van der Waals surface area contributed by atoms with Gasteiger partial charge in [0, 0.05) is 18.6 Å². The van der Waals surface area contributed by atoms with E-state index < -0.39 is 0 Å². The van der Waals surface area contributed by atoms with Crippen LogP contribution in [0.25, 0.3) is 0 Å². The second kappa shape index (κ2) is 4.93. The fourth-order valence-corrected chi connectivity index (χ4v) is 3.71. The van der Waals surface area contributed by atoms with Gasteiger partial charge >= 0.3 is 0 Å². The average Bonchev–Trinajstić information content (AvgIpc) is 3.00. The van der Waals surface area contributed by atoms with E-state index in [4.69, 9.17) is 0 Å². The summed E-state index contributed by atoms with van der Waals surface area (Å²) >= 11 is 0. The number of likely N-dealkylation sites (tertiary alicyclic amines) is 1. The first-order valence-corrected chi connectivity index (χ1v) is 7.26. The topological polar surface area (TPSA) is 23.5 Å². The predicted molar refractivity (Wildman–Crippen MR) is 73.7 cm³/mol. The second-order valence-electron chi connectivity index (χ2n) is 6.08. The third-order valence-electron chi connectivity index (χ3n) is 4.80. The van der Waals surface area contributed by atoms with Crippen LogP contribution in [0, 0.1) is 5.92 Å². The Hall–Kier alpha value is -1.02. The first kappa shape index (κ1) is 12.0. The molecule has 2 aliphatic rings. The van der Waals surface area contributed by atoms with Crippen molar-refractivity contribution in [2.45, 2.75) is 51.1 Å². The van der Waals surface area contributed by atoms with E-state index in [1.165, 1.54) is 37.8 Å². The molecule has 2 heteroatoms. The molecule has 0 spiro atoms. The highest BCUT2D eigenvalue weighted by Gasteiger charge is 2.39. The molecule has 1 saturated heterocycles. The number of phenolic OH excluding ortho intramolecular Hbond substituents is 1. The molecular weight excluding hydrogens is 222 g/mol. The van der Waals surface area contributed by atoms with Crippen molar-refractivity contribution in [1.29, 1.82) is 0 Å². The highest BCUT2D eigenvalue weighted by Crippen LogP contribution is 2.39. The average molecular weight is 245 g/mol. The maximum atomic E-state index is 9.27. The molecule has 3 unspecified atom stereocenters. The maximum Gasteiger partial charge on any atom is 0.115 e. The van der Waals surface area contributed by atoms with Crippen LogP contribution < -0.4 is 0 Å². The third-order valence-corrected chi connectivity index (χ3v) is 4.80. The Kier molecular flexibility index (Phi) is 3.29. The van der Waals surface area contributed by atoms with Gasteiger partial charge in [-0.05, 0) is 62.6 Å². The van der Waals surface area contributed by atoms with Gasteiger partial charge in [-0.2, -0.15) is 0 Å². The van der Waals surface area contributed by atoms with Gasteiger partial charge in [-0.1, -0.05) is 12.1 Å². The minimum absolute atomic E-state index is 0.364. The zero-order valence-corrected chi connectivity index (χ0v) is 11.2. The fraction of sp³-hybridized carbons (Fsp3) is 0.625. The Morgan fingerprint density at radius 3 is 2.67 bits per heavy atom. The molecule has 1 aliphatic heterocycles. The van der Waals surface area contributed by atoms with Gasteiger partial charge in [0.15, 0.2) is 0 Å². The molecule has 0 aromatic heterocycles. The van der Waals surface area contributed by atoms with Crippen molar-refractivity contribution in [1.82, 2.24) is 4.90 Å². The molecule has 2 nitrogen and oxygen atoms in total. The Morgan fingerprint density at radius 1 is 1.28 bits per heavy atom. The summed E-state index contributed by atoms with van der Waals surface area (Å²) in [6.07, 6.45) is 6.69. The Labute approximate surface area is 110 Å². The van der Waals surface area contributed by atoms with Crippen LogP contribution in [0.4, 0.5) is 0 Å². The molecule has 2 fully saturated rings. The summed E-state index contributed by atoms with van der Waals surface area (Å²) in [6.45, 7) is 3.71. The number of hydrogen-bond acceptors (Lipinski definition) is 2. The summed E-state index contributed by atoms with van der Waals surface area (Å²) in [4.78, 5) is 2.73. The highest BCUT2D eigenvalue weighted by atomic mass is 16.3. The van der Waals surface area contributed by atoms with Crippen LogP contribution in [0.3, 0.4) is 0 Å². The van der Waals surface area contributed by atoms with Crippen LogP contribution >= 0.6 is 0 Å². The Morgan fingerprint density at radius 2 is 2.06 bits per heavy atom. The number of hydrogen-bond donors (Lipinski definition) is 1. The van der Waals surface area contributed by atoms with Crippen LogP contribution in [0.2, 0.25) is 0 Å². The van der Waals surface area contributed by atoms with Crippen molar-refractivity contribution in [3.8, 4) is 5.75 Å². The Balaban J connectivity index is 1.52. The van der Waals surface area contributed by atoms with Gasteiger partial charge < -0.3 is 5.11 Å². The highest BCUT2D eigenvalue weighted by molar-refractivity contribution is 5.25. The molecule has 1 aromatic carbocycles. The molecule has 1 aromatic rings. The Bertz CT molecular complexity index is 400. The van der Waals surface area contributed by atoms with Crippen molar-refractivity contribution >= 4 is 0 Å². The number of phenols is 1. The monoisotopic (exact) mass is 245 g/mol. The van der Waals surface area contributed by atoms with Crippen molar-refractivity contribution in [2.75, 3.05) is 6.54 Å². The zero-order chi connectivity index (χ0) is 12.5. The summed E-state index contributed by atoms with van der Waals surface area (Å²) in [6, 6.07) is 9.24.